The van der Waals surface area contributed by atoms with Crippen LogP contribution >= 0.6 is 7.75 Å². The third-order valence-corrected chi connectivity index (χ3v) is 7.59. The van der Waals surface area contributed by atoms with Crippen LogP contribution in [0, 0.1) is 12.3 Å². The number of aliphatic hydroxyl groups is 1. The zero-order valence-corrected chi connectivity index (χ0v) is 23.1. The summed E-state index contributed by atoms with van der Waals surface area (Å²) >= 11 is 0. The second-order valence-electron chi connectivity index (χ2n) is 9.21. The van der Waals surface area contributed by atoms with Crippen molar-refractivity contribution in [2.45, 2.75) is 57.0 Å². The zero-order valence-electron chi connectivity index (χ0n) is 22.2. The summed E-state index contributed by atoms with van der Waals surface area (Å²) in [5, 5.41) is 16.3. The van der Waals surface area contributed by atoms with Gasteiger partial charge in [0.1, 0.15) is 35.8 Å². The van der Waals surface area contributed by atoms with Gasteiger partial charge in [0.05, 0.1) is 19.0 Å². The van der Waals surface area contributed by atoms with E-state index in [-0.39, 0.29) is 11.4 Å². The minimum absolute atomic E-state index is 0.168. The number of rotatable bonds is 11. The molecule has 214 valence electrons. The van der Waals surface area contributed by atoms with Gasteiger partial charge in [0.25, 0.3) is 0 Å². The molecular weight excluding hydrogens is 546 g/mol. The number of fused-ring (bicyclic) bond motifs is 1. The number of nitrogens with one attached hydrogen (secondary N) is 2. The van der Waals surface area contributed by atoms with Crippen LogP contribution in [-0.2, 0) is 23.4 Å². The van der Waals surface area contributed by atoms with E-state index in [4.69, 9.17) is 24.9 Å². The molecule has 0 bridgehead atoms. The molecule has 2 aromatic heterocycles. The third kappa shape index (κ3) is 5.94. The highest BCUT2D eigenvalue weighted by atomic mass is 31.2. The van der Waals surface area contributed by atoms with Crippen LogP contribution < -0.4 is 14.9 Å². The molecule has 15 heteroatoms. The van der Waals surface area contributed by atoms with Crippen LogP contribution in [0.1, 0.15) is 27.0 Å². The van der Waals surface area contributed by atoms with E-state index >= 15 is 4.39 Å². The van der Waals surface area contributed by atoms with Crippen LogP contribution in [0.3, 0.4) is 0 Å². The predicted molar refractivity (Wildman–Crippen MR) is 142 cm³/mol. The Hall–Kier alpha value is -3.60. The number of carbonyl (C=O) groups is 1. The van der Waals surface area contributed by atoms with Crippen molar-refractivity contribution in [2.75, 3.05) is 19.0 Å². The lowest BCUT2D eigenvalue weighted by Gasteiger charge is -2.25. The Morgan fingerprint density at radius 1 is 1.30 bits per heavy atom. The van der Waals surface area contributed by atoms with Gasteiger partial charge in [-0.25, -0.2) is 23.9 Å². The average Bonchev–Trinajstić information content (AvgIpc) is 3.46. The minimum Gasteiger partial charge on any atom is -0.462 e. The van der Waals surface area contributed by atoms with Gasteiger partial charge in [-0.3, -0.25) is 13.9 Å². The van der Waals surface area contributed by atoms with Crippen molar-refractivity contribution in [3.63, 3.8) is 0 Å². The summed E-state index contributed by atoms with van der Waals surface area (Å²) in [4.78, 5) is 24.8. The lowest BCUT2D eigenvalue weighted by atomic mass is 9.97. The number of aliphatic hydroxyl groups excluding tert-OH is 1. The van der Waals surface area contributed by atoms with Gasteiger partial charge in [-0.05, 0) is 32.9 Å². The van der Waals surface area contributed by atoms with Gasteiger partial charge in [-0.2, -0.15) is 5.09 Å². The van der Waals surface area contributed by atoms with Gasteiger partial charge in [-0.1, -0.05) is 24.1 Å². The third-order valence-electron chi connectivity index (χ3n) is 5.95. The maximum atomic E-state index is 16.1. The Balaban J connectivity index is 1.58. The molecule has 0 radical (unpaired) electrons. The van der Waals surface area contributed by atoms with Crippen LogP contribution in [0.5, 0.6) is 5.75 Å². The molecule has 3 N–H and O–H groups in total. The fraction of sp³-hybridized carbons (Fsp3) is 0.440. The fourth-order valence-corrected chi connectivity index (χ4v) is 5.53. The first-order valence-corrected chi connectivity index (χ1v) is 13.9. The smallest absolute Gasteiger partial charge is 0.459 e. The number of ether oxygens (including phenoxy) is 2. The monoisotopic (exact) mass is 576 g/mol. The van der Waals surface area contributed by atoms with Gasteiger partial charge in [-0.15, -0.1) is 6.42 Å². The molecule has 1 fully saturated rings. The van der Waals surface area contributed by atoms with Crippen LogP contribution in [0.2, 0.25) is 0 Å². The molecule has 0 spiro atoms. The van der Waals surface area contributed by atoms with Crippen molar-refractivity contribution in [1.29, 1.82) is 0 Å². The van der Waals surface area contributed by atoms with E-state index in [1.807, 2.05) is 5.92 Å². The van der Waals surface area contributed by atoms with Crippen molar-refractivity contribution in [3.8, 4) is 18.1 Å². The van der Waals surface area contributed by atoms with E-state index in [0.717, 1.165) is 0 Å². The second-order valence-corrected chi connectivity index (χ2v) is 10.9. The molecule has 0 saturated carbocycles. The van der Waals surface area contributed by atoms with E-state index < -0.39 is 56.6 Å². The predicted octanol–water partition coefficient (Wildman–Crippen LogP) is 2.60. The molecule has 6 atom stereocenters. The lowest BCUT2D eigenvalue weighted by molar-refractivity contribution is -0.149. The molecule has 1 saturated heterocycles. The standard InChI is InChI=1S/C25H30FN6O7P/c1-6-25(26)20(33)18(38-24(25)32-14-30-19-21(27-5)28-13-29-22(19)32)12-36-40(35,39-17-10-8-7-9-11-17)31-16(4)23(34)37-15(2)3/h1,7-11,13-16,18,20,24,33H,12H2,2-5H3,(H,31,35)(H,27,28,29)/t16?,18-,20-,24-,25-,40?/m1/s1. The van der Waals surface area contributed by atoms with Crippen LogP contribution in [0.4, 0.5) is 10.2 Å². The highest BCUT2D eigenvalue weighted by molar-refractivity contribution is 7.52. The first-order chi connectivity index (χ1) is 19.0. The van der Waals surface area contributed by atoms with Gasteiger partial charge < -0.3 is 24.4 Å². The lowest BCUT2D eigenvalue weighted by Crippen LogP contribution is -2.42. The number of hydrogen-bond acceptors (Lipinski definition) is 11. The van der Waals surface area contributed by atoms with Crippen molar-refractivity contribution < 1.29 is 37.4 Å². The summed E-state index contributed by atoms with van der Waals surface area (Å²) in [5.74, 6) is 1.84. The van der Waals surface area contributed by atoms with Crippen LogP contribution in [0.15, 0.2) is 43.0 Å². The van der Waals surface area contributed by atoms with Crippen molar-refractivity contribution in [2.24, 2.45) is 0 Å². The molecule has 1 aliphatic heterocycles. The maximum Gasteiger partial charge on any atom is 0.459 e. The molecule has 2 unspecified atom stereocenters. The van der Waals surface area contributed by atoms with E-state index in [0.29, 0.717) is 11.3 Å². The summed E-state index contributed by atoms with van der Waals surface area (Å²) in [6.45, 7) is 4.13. The highest BCUT2D eigenvalue weighted by Gasteiger charge is 2.58. The molecule has 13 nitrogen and oxygen atoms in total. The molecule has 4 rings (SSSR count). The number of hydrogen-bond donors (Lipinski definition) is 3. The molecule has 3 aromatic rings. The summed E-state index contributed by atoms with van der Waals surface area (Å²) in [6.07, 6.45) is 2.75. The topological polar surface area (TPSA) is 159 Å². The number of benzene rings is 1. The summed E-state index contributed by atoms with van der Waals surface area (Å²) in [7, 11) is -2.68. The maximum absolute atomic E-state index is 16.1. The Labute approximate surface area is 230 Å². The summed E-state index contributed by atoms with van der Waals surface area (Å²) < 4.78 is 53.2. The van der Waals surface area contributed by atoms with Gasteiger partial charge in [0.2, 0.25) is 5.67 Å². The summed E-state index contributed by atoms with van der Waals surface area (Å²) in [5.41, 5.74) is -2.21. The normalized spacial score (nSPS) is 24.8. The number of para-hydroxylation sites is 1. The number of imidazole rings is 1. The number of nitrogens with zero attached hydrogens (tertiary/aromatic N) is 4. The van der Waals surface area contributed by atoms with Gasteiger partial charge in [0, 0.05) is 7.05 Å². The quantitative estimate of drug-likeness (QED) is 0.174. The van der Waals surface area contributed by atoms with Crippen molar-refractivity contribution in [1.82, 2.24) is 24.6 Å². The zero-order chi connectivity index (χ0) is 29.1. The molecule has 40 heavy (non-hydrogen) atoms. The Bertz CT molecular complexity index is 1430. The Kier molecular flexibility index (Phi) is 8.72. The number of terminal acetylenes is 1. The van der Waals surface area contributed by atoms with E-state index in [2.05, 4.69) is 25.4 Å². The van der Waals surface area contributed by atoms with Crippen LogP contribution in [-0.4, -0.2) is 74.3 Å². The Morgan fingerprint density at radius 3 is 2.67 bits per heavy atom. The van der Waals surface area contributed by atoms with E-state index in [1.165, 1.54) is 36.3 Å². The number of esters is 1. The number of carbonyl (C=O) groups excluding carboxylic acids is 1. The first kappa shape index (κ1) is 29.4. The SMILES string of the molecule is C#C[C@@]1(F)[C@H](O)[C@@H](COP(=O)(NC(C)C(=O)OC(C)C)Oc2ccccc2)O[C@H]1n1cnc2c(NC)ncnc21. The molecule has 1 aromatic carbocycles. The minimum atomic E-state index is -4.32. The molecule has 1 aliphatic rings. The number of aromatic nitrogens is 4. The number of halogens is 1. The average molecular weight is 577 g/mol. The largest absolute Gasteiger partial charge is 0.462 e. The number of anilines is 1. The van der Waals surface area contributed by atoms with E-state index in [1.54, 1.807) is 39.1 Å². The summed E-state index contributed by atoms with van der Waals surface area (Å²) in [6, 6.07) is 6.97. The first-order valence-electron chi connectivity index (χ1n) is 12.3. The Morgan fingerprint density at radius 2 is 2.02 bits per heavy atom. The van der Waals surface area contributed by atoms with Gasteiger partial charge >= 0.3 is 13.7 Å². The fourth-order valence-electron chi connectivity index (χ4n) is 4.02. The van der Waals surface area contributed by atoms with Gasteiger partial charge in [0.15, 0.2) is 17.7 Å². The molecule has 3 heterocycles. The van der Waals surface area contributed by atoms with Crippen molar-refractivity contribution >= 4 is 30.7 Å². The van der Waals surface area contributed by atoms with Crippen LogP contribution in [0.25, 0.3) is 11.2 Å². The molecule has 0 aliphatic carbocycles. The highest BCUT2D eigenvalue weighted by Crippen LogP contribution is 2.48. The second kappa shape index (κ2) is 11.9. The molecule has 0 amide bonds. The van der Waals surface area contributed by atoms with E-state index in [9.17, 15) is 14.5 Å². The number of alkyl halides is 1. The van der Waals surface area contributed by atoms with Crippen molar-refractivity contribution in [3.05, 3.63) is 43.0 Å². The molecular formula is C25H30FN6O7P.